The van der Waals surface area contributed by atoms with Crippen LogP contribution >= 0.6 is 0 Å². The van der Waals surface area contributed by atoms with Crippen LogP contribution in [0.15, 0.2) is 0 Å². The van der Waals surface area contributed by atoms with E-state index in [1.54, 1.807) is 0 Å². The molecule has 0 fully saturated rings. The van der Waals surface area contributed by atoms with Crippen molar-refractivity contribution in [1.29, 1.82) is 0 Å². The molecule has 0 aromatic heterocycles. The van der Waals surface area contributed by atoms with E-state index in [1.807, 2.05) is 0 Å². The van der Waals surface area contributed by atoms with E-state index in [2.05, 4.69) is 0 Å². The van der Waals surface area contributed by atoms with E-state index in [0.717, 1.165) is 6.92 Å². The van der Waals surface area contributed by atoms with E-state index in [1.165, 1.54) is 0 Å². The van der Waals surface area contributed by atoms with Crippen LogP contribution in [-0.4, -0.2) is 23.3 Å². The summed E-state index contributed by atoms with van der Waals surface area (Å²) in [6.07, 6.45) is -9.05. The summed E-state index contributed by atoms with van der Waals surface area (Å²) < 4.78 is 58.1. The third-order valence-electron chi connectivity index (χ3n) is 0.986. The third-order valence-corrected chi connectivity index (χ3v) is 0.986. The first kappa shape index (κ1) is 10.6. The minimum atomic E-state index is -5.42. The number of alkyl halides is 5. The SMILES string of the molecule is CC(F)CC(O)(F)C(F)(F)F. The second kappa shape index (κ2) is 2.92. The Hall–Kier alpha value is -0.390. The van der Waals surface area contributed by atoms with Gasteiger partial charge in [0.1, 0.15) is 6.17 Å². The fraction of sp³-hybridized carbons (Fsp3) is 1.00. The minimum Gasteiger partial charge on any atom is -0.355 e. The van der Waals surface area contributed by atoms with Crippen molar-refractivity contribution in [2.24, 2.45) is 0 Å². The summed E-state index contributed by atoms with van der Waals surface area (Å²) in [7, 11) is 0. The van der Waals surface area contributed by atoms with E-state index in [-0.39, 0.29) is 0 Å². The van der Waals surface area contributed by atoms with Crippen molar-refractivity contribution in [2.45, 2.75) is 31.5 Å². The lowest BCUT2D eigenvalue weighted by Crippen LogP contribution is -2.42. The molecule has 0 heterocycles. The average Bonchev–Trinajstić information content (AvgIpc) is 1.56. The highest BCUT2D eigenvalue weighted by atomic mass is 19.4. The molecule has 0 aliphatic rings. The van der Waals surface area contributed by atoms with Crippen LogP contribution in [-0.2, 0) is 0 Å². The van der Waals surface area contributed by atoms with Crippen molar-refractivity contribution >= 4 is 0 Å². The lowest BCUT2D eigenvalue weighted by molar-refractivity contribution is -0.320. The highest BCUT2D eigenvalue weighted by Crippen LogP contribution is 2.35. The normalized spacial score (nSPS) is 21.0. The maximum atomic E-state index is 12.0. The van der Waals surface area contributed by atoms with Crippen LogP contribution in [0.25, 0.3) is 0 Å². The zero-order valence-electron chi connectivity index (χ0n) is 5.62. The largest absolute Gasteiger partial charge is 0.448 e. The molecule has 6 heteroatoms. The van der Waals surface area contributed by atoms with Gasteiger partial charge < -0.3 is 5.11 Å². The molecule has 2 atom stereocenters. The summed E-state index contributed by atoms with van der Waals surface area (Å²) in [6.45, 7) is 0.732. The first-order chi connectivity index (χ1) is 4.67. The van der Waals surface area contributed by atoms with Gasteiger partial charge in [0.2, 0.25) is 0 Å². The molecule has 0 aromatic carbocycles. The Morgan fingerprint density at radius 2 is 1.64 bits per heavy atom. The average molecular weight is 178 g/mol. The first-order valence-electron chi connectivity index (χ1n) is 2.79. The lowest BCUT2D eigenvalue weighted by atomic mass is 10.1. The predicted molar refractivity (Wildman–Crippen MR) is 27.3 cm³/mol. The summed E-state index contributed by atoms with van der Waals surface area (Å²) in [5.74, 6) is -4.42. The quantitative estimate of drug-likeness (QED) is 0.641. The van der Waals surface area contributed by atoms with E-state index in [4.69, 9.17) is 5.11 Å². The van der Waals surface area contributed by atoms with Gasteiger partial charge in [-0.3, -0.25) is 0 Å². The predicted octanol–water partition coefficient (Wildman–Crippen LogP) is 1.95. The molecule has 1 N–H and O–H groups in total. The van der Waals surface area contributed by atoms with Gasteiger partial charge in [-0.15, -0.1) is 0 Å². The summed E-state index contributed by atoms with van der Waals surface area (Å²) in [4.78, 5) is 0. The van der Waals surface area contributed by atoms with E-state index < -0.39 is 24.6 Å². The van der Waals surface area contributed by atoms with Crippen molar-refractivity contribution in [3.63, 3.8) is 0 Å². The second-order valence-electron chi connectivity index (χ2n) is 2.24. The van der Waals surface area contributed by atoms with Crippen LogP contribution in [0.2, 0.25) is 0 Å². The highest BCUT2D eigenvalue weighted by molar-refractivity contribution is 4.76. The summed E-state index contributed by atoms with van der Waals surface area (Å²) in [6, 6.07) is 0. The Kier molecular flexibility index (Phi) is 2.82. The Balaban J connectivity index is 4.22. The monoisotopic (exact) mass is 178 g/mol. The topological polar surface area (TPSA) is 20.2 Å². The van der Waals surface area contributed by atoms with Gasteiger partial charge in [0, 0.05) is 6.42 Å². The zero-order valence-corrected chi connectivity index (χ0v) is 5.62. The highest BCUT2D eigenvalue weighted by Gasteiger charge is 2.55. The Labute approximate surface area is 59.8 Å². The molecule has 0 rings (SSSR count). The van der Waals surface area contributed by atoms with Crippen molar-refractivity contribution in [1.82, 2.24) is 0 Å². The summed E-state index contributed by atoms with van der Waals surface area (Å²) in [5.41, 5.74) is 0. The maximum absolute atomic E-state index is 12.0. The van der Waals surface area contributed by atoms with Gasteiger partial charge in [-0.2, -0.15) is 13.2 Å². The molecule has 11 heavy (non-hydrogen) atoms. The van der Waals surface area contributed by atoms with Gasteiger partial charge in [-0.05, 0) is 6.92 Å². The number of hydrogen-bond acceptors (Lipinski definition) is 1. The smallest absolute Gasteiger partial charge is 0.355 e. The Morgan fingerprint density at radius 3 is 1.73 bits per heavy atom. The second-order valence-corrected chi connectivity index (χ2v) is 2.24. The van der Waals surface area contributed by atoms with Crippen LogP contribution in [0, 0.1) is 0 Å². The summed E-state index contributed by atoms with van der Waals surface area (Å²) >= 11 is 0. The molecule has 0 amide bonds. The number of halogens is 5. The molecule has 0 spiro atoms. The van der Waals surface area contributed by atoms with Gasteiger partial charge in [-0.25, -0.2) is 8.78 Å². The van der Waals surface area contributed by atoms with Crippen LogP contribution in [0.3, 0.4) is 0 Å². The lowest BCUT2D eigenvalue weighted by Gasteiger charge is -2.21. The molecule has 0 radical (unpaired) electrons. The van der Waals surface area contributed by atoms with Gasteiger partial charge in [0.05, 0.1) is 0 Å². The van der Waals surface area contributed by atoms with Crippen LogP contribution < -0.4 is 0 Å². The molecule has 0 aliphatic carbocycles. The van der Waals surface area contributed by atoms with Crippen molar-refractivity contribution in [3.8, 4) is 0 Å². The van der Waals surface area contributed by atoms with Gasteiger partial charge in [-0.1, -0.05) is 0 Å². The third kappa shape index (κ3) is 3.00. The molecule has 0 bridgehead atoms. The number of rotatable bonds is 2. The minimum absolute atomic E-state index is 0.732. The van der Waals surface area contributed by atoms with E-state index in [9.17, 15) is 22.0 Å². The summed E-state index contributed by atoms with van der Waals surface area (Å²) in [5, 5.41) is 7.99. The number of hydrogen-bond donors (Lipinski definition) is 1. The van der Waals surface area contributed by atoms with Crippen molar-refractivity contribution in [3.05, 3.63) is 0 Å². The molecule has 0 aliphatic heterocycles. The molecular weight excluding hydrogens is 171 g/mol. The maximum Gasteiger partial charge on any atom is 0.448 e. The van der Waals surface area contributed by atoms with Crippen molar-refractivity contribution in [2.75, 3.05) is 0 Å². The fourth-order valence-electron chi connectivity index (χ4n) is 0.488. The van der Waals surface area contributed by atoms with Gasteiger partial charge in [0.15, 0.2) is 0 Å². The van der Waals surface area contributed by atoms with Gasteiger partial charge in [0.25, 0.3) is 0 Å². The van der Waals surface area contributed by atoms with Gasteiger partial charge >= 0.3 is 12.0 Å². The molecular formula is C5H7F5O. The van der Waals surface area contributed by atoms with E-state index >= 15 is 0 Å². The van der Waals surface area contributed by atoms with Crippen LogP contribution in [0.4, 0.5) is 22.0 Å². The molecule has 1 nitrogen and oxygen atoms in total. The molecule has 0 aromatic rings. The van der Waals surface area contributed by atoms with E-state index in [0.29, 0.717) is 0 Å². The standard InChI is InChI=1S/C5H7F5O/c1-3(6)2-4(7,11)5(8,9)10/h3,11H,2H2,1H3. The Morgan fingerprint density at radius 1 is 1.27 bits per heavy atom. The first-order valence-corrected chi connectivity index (χ1v) is 2.79. The molecule has 0 saturated carbocycles. The fourth-order valence-corrected chi connectivity index (χ4v) is 0.488. The molecule has 0 saturated heterocycles. The van der Waals surface area contributed by atoms with Crippen molar-refractivity contribution < 1.29 is 27.1 Å². The van der Waals surface area contributed by atoms with Crippen LogP contribution in [0.1, 0.15) is 13.3 Å². The number of aliphatic hydroxyl groups is 1. The zero-order chi connectivity index (χ0) is 9.28. The molecule has 68 valence electrons. The molecule has 2 unspecified atom stereocenters. The Bertz CT molecular complexity index is 127. The van der Waals surface area contributed by atoms with Crippen LogP contribution in [0.5, 0.6) is 0 Å².